The highest BCUT2D eigenvalue weighted by Crippen LogP contribution is 2.32. The quantitative estimate of drug-likeness (QED) is 0.798. The number of rotatable bonds is 3. The SMILES string of the molecule is COC(=O)[C@H]1CC(c2ccc(Cl)cc2)=CN1C(=O)c1ccccc1. The molecule has 1 amide bonds. The molecule has 24 heavy (non-hydrogen) atoms. The second kappa shape index (κ2) is 6.89. The number of hydrogen-bond acceptors (Lipinski definition) is 3. The van der Waals surface area contributed by atoms with Crippen molar-refractivity contribution in [3.63, 3.8) is 0 Å². The van der Waals surface area contributed by atoms with Crippen molar-refractivity contribution in [2.45, 2.75) is 12.5 Å². The minimum atomic E-state index is -0.659. The average molecular weight is 342 g/mol. The monoisotopic (exact) mass is 341 g/mol. The largest absolute Gasteiger partial charge is 0.467 e. The molecule has 122 valence electrons. The molecule has 1 heterocycles. The first-order valence-electron chi connectivity index (χ1n) is 7.52. The van der Waals surface area contributed by atoms with Crippen molar-refractivity contribution in [2.24, 2.45) is 0 Å². The third-order valence-electron chi connectivity index (χ3n) is 3.99. The summed E-state index contributed by atoms with van der Waals surface area (Å²) >= 11 is 5.92. The lowest BCUT2D eigenvalue weighted by molar-refractivity contribution is -0.144. The van der Waals surface area contributed by atoms with Gasteiger partial charge in [0.2, 0.25) is 0 Å². The summed E-state index contributed by atoms with van der Waals surface area (Å²) in [6.07, 6.45) is 2.13. The Balaban J connectivity index is 1.94. The molecule has 1 aliphatic heterocycles. The van der Waals surface area contributed by atoms with Crippen LogP contribution in [0.25, 0.3) is 5.57 Å². The lowest BCUT2D eigenvalue weighted by atomic mass is 10.0. The number of carbonyl (C=O) groups is 2. The van der Waals surface area contributed by atoms with Crippen LogP contribution in [0.1, 0.15) is 22.3 Å². The van der Waals surface area contributed by atoms with Crippen LogP contribution in [-0.4, -0.2) is 29.9 Å². The molecule has 0 unspecified atom stereocenters. The van der Waals surface area contributed by atoms with E-state index in [-0.39, 0.29) is 5.91 Å². The van der Waals surface area contributed by atoms with Crippen LogP contribution in [0.2, 0.25) is 5.02 Å². The van der Waals surface area contributed by atoms with E-state index in [0.717, 1.165) is 11.1 Å². The number of hydrogen-bond donors (Lipinski definition) is 0. The summed E-state index contributed by atoms with van der Waals surface area (Å²) in [6, 6.07) is 15.5. The van der Waals surface area contributed by atoms with Gasteiger partial charge in [0.25, 0.3) is 5.91 Å². The minimum Gasteiger partial charge on any atom is -0.467 e. The fourth-order valence-corrected chi connectivity index (χ4v) is 2.86. The van der Waals surface area contributed by atoms with Gasteiger partial charge in [-0.1, -0.05) is 41.9 Å². The van der Waals surface area contributed by atoms with Crippen LogP contribution in [0.15, 0.2) is 60.8 Å². The van der Waals surface area contributed by atoms with Crippen molar-refractivity contribution < 1.29 is 14.3 Å². The molecule has 0 aromatic heterocycles. The second-order valence-electron chi connectivity index (χ2n) is 5.48. The minimum absolute atomic E-state index is 0.227. The molecule has 3 rings (SSSR count). The zero-order valence-corrected chi connectivity index (χ0v) is 13.9. The van der Waals surface area contributed by atoms with E-state index >= 15 is 0 Å². The summed E-state index contributed by atoms with van der Waals surface area (Å²) in [6.45, 7) is 0. The Morgan fingerprint density at radius 3 is 2.38 bits per heavy atom. The first-order chi connectivity index (χ1) is 11.6. The Bertz CT molecular complexity index is 784. The highest BCUT2D eigenvalue weighted by molar-refractivity contribution is 6.30. The van der Waals surface area contributed by atoms with Crippen LogP contribution < -0.4 is 0 Å². The molecule has 2 aromatic carbocycles. The Labute approximate surface area is 145 Å². The fourth-order valence-electron chi connectivity index (χ4n) is 2.74. The van der Waals surface area contributed by atoms with E-state index in [0.29, 0.717) is 17.0 Å². The van der Waals surface area contributed by atoms with E-state index in [9.17, 15) is 9.59 Å². The Morgan fingerprint density at radius 1 is 1.08 bits per heavy atom. The Hall–Kier alpha value is -2.59. The molecule has 1 aliphatic rings. The Kier molecular flexibility index (Phi) is 4.67. The molecule has 1 atom stereocenters. The summed E-state index contributed by atoms with van der Waals surface area (Å²) in [4.78, 5) is 26.3. The smallest absolute Gasteiger partial charge is 0.329 e. The van der Waals surface area contributed by atoms with Gasteiger partial charge in [-0.2, -0.15) is 0 Å². The molecular weight excluding hydrogens is 326 g/mol. The maximum Gasteiger partial charge on any atom is 0.329 e. The van der Waals surface area contributed by atoms with E-state index in [2.05, 4.69) is 0 Å². The maximum absolute atomic E-state index is 12.8. The molecule has 0 aliphatic carbocycles. The Morgan fingerprint density at radius 2 is 1.75 bits per heavy atom. The number of nitrogens with zero attached hydrogens (tertiary/aromatic N) is 1. The topological polar surface area (TPSA) is 46.6 Å². The van der Waals surface area contributed by atoms with Gasteiger partial charge >= 0.3 is 5.97 Å². The van der Waals surface area contributed by atoms with Gasteiger partial charge in [0.1, 0.15) is 6.04 Å². The second-order valence-corrected chi connectivity index (χ2v) is 5.92. The van der Waals surface area contributed by atoms with Crippen LogP contribution in [0, 0.1) is 0 Å². The predicted molar refractivity (Wildman–Crippen MR) is 92.5 cm³/mol. The average Bonchev–Trinajstić information content (AvgIpc) is 3.07. The highest BCUT2D eigenvalue weighted by atomic mass is 35.5. The van der Waals surface area contributed by atoms with Crippen molar-refractivity contribution in [1.29, 1.82) is 0 Å². The summed E-state index contributed by atoms with van der Waals surface area (Å²) in [5.74, 6) is -0.658. The lowest BCUT2D eigenvalue weighted by Crippen LogP contribution is -2.39. The van der Waals surface area contributed by atoms with Gasteiger partial charge in [-0.15, -0.1) is 0 Å². The maximum atomic E-state index is 12.8. The molecule has 0 radical (unpaired) electrons. The molecule has 0 N–H and O–H groups in total. The standard InChI is InChI=1S/C19H16ClNO3/c1-24-19(23)17-11-15(13-7-9-16(20)10-8-13)12-21(17)18(22)14-5-3-2-4-6-14/h2-10,12,17H,11H2,1H3/t17-/m1/s1. The van der Waals surface area contributed by atoms with E-state index < -0.39 is 12.0 Å². The van der Waals surface area contributed by atoms with Crippen molar-refractivity contribution in [1.82, 2.24) is 4.90 Å². The fraction of sp³-hybridized carbons (Fsp3) is 0.158. The van der Waals surface area contributed by atoms with Crippen molar-refractivity contribution >= 4 is 29.1 Å². The zero-order valence-electron chi connectivity index (χ0n) is 13.1. The number of benzene rings is 2. The molecule has 5 heteroatoms. The molecular formula is C19H16ClNO3. The van der Waals surface area contributed by atoms with Gasteiger partial charge in [-0.3, -0.25) is 4.79 Å². The highest BCUT2D eigenvalue weighted by Gasteiger charge is 2.36. The number of ether oxygens (including phenoxy) is 1. The molecule has 0 fully saturated rings. The van der Waals surface area contributed by atoms with Gasteiger partial charge < -0.3 is 9.64 Å². The van der Waals surface area contributed by atoms with Gasteiger partial charge in [-0.05, 0) is 35.4 Å². The van der Waals surface area contributed by atoms with Crippen LogP contribution in [0.5, 0.6) is 0 Å². The normalized spacial score (nSPS) is 16.7. The number of esters is 1. The number of methoxy groups -OCH3 is 1. The summed E-state index contributed by atoms with van der Waals surface area (Å²) in [7, 11) is 1.33. The van der Waals surface area contributed by atoms with Gasteiger partial charge in [0.15, 0.2) is 0 Å². The molecule has 0 spiro atoms. The zero-order chi connectivity index (χ0) is 17.1. The first-order valence-corrected chi connectivity index (χ1v) is 7.90. The number of carbonyl (C=O) groups excluding carboxylic acids is 2. The van der Waals surface area contributed by atoms with Gasteiger partial charge in [-0.25, -0.2) is 4.79 Å². The van der Waals surface area contributed by atoms with E-state index in [1.54, 1.807) is 42.6 Å². The van der Waals surface area contributed by atoms with E-state index in [1.165, 1.54) is 12.0 Å². The van der Waals surface area contributed by atoms with Crippen LogP contribution in [-0.2, 0) is 9.53 Å². The van der Waals surface area contributed by atoms with Crippen molar-refractivity contribution in [2.75, 3.05) is 7.11 Å². The third-order valence-corrected chi connectivity index (χ3v) is 4.24. The number of halogens is 1. The predicted octanol–water partition coefficient (Wildman–Crippen LogP) is 3.77. The van der Waals surface area contributed by atoms with Crippen LogP contribution >= 0.6 is 11.6 Å². The van der Waals surface area contributed by atoms with E-state index in [1.807, 2.05) is 18.2 Å². The van der Waals surface area contributed by atoms with Gasteiger partial charge in [0, 0.05) is 23.2 Å². The molecule has 2 aromatic rings. The summed E-state index contributed by atoms with van der Waals surface area (Å²) in [5, 5.41) is 0.638. The lowest BCUT2D eigenvalue weighted by Gasteiger charge is -2.21. The molecule has 0 saturated heterocycles. The van der Waals surface area contributed by atoms with Crippen molar-refractivity contribution in [3.8, 4) is 0 Å². The first kappa shape index (κ1) is 16.3. The summed E-state index contributed by atoms with van der Waals surface area (Å²) in [5.41, 5.74) is 2.35. The molecule has 0 bridgehead atoms. The van der Waals surface area contributed by atoms with Crippen LogP contribution in [0.3, 0.4) is 0 Å². The number of amides is 1. The summed E-state index contributed by atoms with van der Waals surface area (Å²) < 4.78 is 4.87. The van der Waals surface area contributed by atoms with E-state index in [4.69, 9.17) is 16.3 Å². The van der Waals surface area contributed by atoms with Gasteiger partial charge in [0.05, 0.1) is 7.11 Å². The molecule has 0 saturated carbocycles. The molecule has 4 nitrogen and oxygen atoms in total. The third kappa shape index (κ3) is 3.19. The van der Waals surface area contributed by atoms with Crippen molar-refractivity contribution in [3.05, 3.63) is 76.9 Å². The van der Waals surface area contributed by atoms with Crippen LogP contribution in [0.4, 0.5) is 0 Å².